The van der Waals surface area contributed by atoms with Gasteiger partial charge >= 0.3 is 6.03 Å². The number of urea groups is 1. The van der Waals surface area contributed by atoms with Crippen molar-refractivity contribution in [2.45, 2.75) is 38.6 Å². The number of carbonyl (C=O) groups excluding carboxylic acids is 2. The molecule has 1 aromatic heterocycles. The summed E-state index contributed by atoms with van der Waals surface area (Å²) in [5, 5.41) is 0. The quantitative estimate of drug-likeness (QED) is 0.747. The molecule has 3 amide bonds. The van der Waals surface area contributed by atoms with Crippen LogP contribution in [0.2, 0.25) is 0 Å². The lowest BCUT2D eigenvalue weighted by Gasteiger charge is -2.47. The van der Waals surface area contributed by atoms with E-state index in [1.165, 1.54) is 5.56 Å². The monoisotopic (exact) mass is 411 g/mol. The van der Waals surface area contributed by atoms with Gasteiger partial charge in [-0.3, -0.25) is 14.7 Å². The summed E-state index contributed by atoms with van der Waals surface area (Å²) in [4.78, 5) is 39.0. The molecule has 4 aliphatic heterocycles. The number of amides is 3. The second kappa shape index (κ2) is 7.52. The van der Waals surface area contributed by atoms with E-state index in [-0.39, 0.29) is 16.9 Å². The lowest BCUT2D eigenvalue weighted by molar-refractivity contribution is -0.141. The van der Waals surface area contributed by atoms with Gasteiger partial charge in [-0.2, -0.15) is 0 Å². The molecule has 0 unspecified atom stereocenters. The Morgan fingerprint density at radius 2 is 1.77 bits per heavy atom. The first-order valence-electron chi connectivity index (χ1n) is 11.4. The molecule has 30 heavy (non-hydrogen) atoms. The molecule has 4 saturated heterocycles. The first-order valence-corrected chi connectivity index (χ1v) is 11.4. The van der Waals surface area contributed by atoms with Crippen LogP contribution in [0.4, 0.5) is 4.79 Å². The second-order valence-electron chi connectivity index (χ2n) is 9.81. The van der Waals surface area contributed by atoms with E-state index in [0.717, 1.165) is 84.5 Å². The van der Waals surface area contributed by atoms with Gasteiger partial charge in [-0.05, 0) is 43.7 Å². The zero-order valence-corrected chi connectivity index (χ0v) is 18.1. The van der Waals surface area contributed by atoms with Gasteiger partial charge in [-0.1, -0.05) is 6.07 Å². The molecule has 4 fully saturated rings. The van der Waals surface area contributed by atoms with Crippen molar-refractivity contribution in [2.75, 3.05) is 52.9 Å². The fourth-order valence-corrected chi connectivity index (χ4v) is 6.49. The molecule has 7 heteroatoms. The Hall–Kier alpha value is -2.15. The Balaban J connectivity index is 1.35. The van der Waals surface area contributed by atoms with Gasteiger partial charge in [0, 0.05) is 77.2 Å². The number of piperidine rings is 1. The number of pyridine rings is 1. The van der Waals surface area contributed by atoms with E-state index in [4.69, 9.17) is 0 Å². The van der Waals surface area contributed by atoms with E-state index in [1.54, 1.807) is 6.20 Å². The molecule has 2 spiro atoms. The van der Waals surface area contributed by atoms with Gasteiger partial charge in [0.2, 0.25) is 5.91 Å². The molecular weight excluding hydrogens is 378 g/mol. The van der Waals surface area contributed by atoms with Crippen molar-refractivity contribution in [3.63, 3.8) is 0 Å². The molecule has 5 heterocycles. The van der Waals surface area contributed by atoms with Crippen molar-refractivity contribution in [3.05, 3.63) is 30.1 Å². The maximum absolute atomic E-state index is 13.4. The molecule has 1 aromatic rings. The van der Waals surface area contributed by atoms with Crippen LogP contribution in [-0.2, 0) is 11.3 Å². The summed E-state index contributed by atoms with van der Waals surface area (Å²) in [5.74, 6) is 0.315. The van der Waals surface area contributed by atoms with Crippen LogP contribution in [0.3, 0.4) is 0 Å². The molecule has 1 atom stereocenters. The highest BCUT2D eigenvalue weighted by Crippen LogP contribution is 2.57. The third kappa shape index (κ3) is 3.09. The average Bonchev–Trinajstić information content (AvgIpc) is 3.46. The molecule has 5 rings (SSSR count). The van der Waals surface area contributed by atoms with Crippen molar-refractivity contribution >= 4 is 11.9 Å². The van der Waals surface area contributed by atoms with E-state index in [0.29, 0.717) is 5.91 Å². The standard InChI is InChI=1S/C23H33N5O2/c1-25-12-8-23(20(25)29)18-26(16-19-5-4-9-24-15-19)17-22(23)6-13-28(14-7-22)21(30)27-10-2-3-11-27/h4-5,9,15H,2-3,6-8,10-14,16-18H2,1H3/t23-/m0/s1. The minimum atomic E-state index is -0.299. The van der Waals surface area contributed by atoms with E-state index >= 15 is 0 Å². The first kappa shape index (κ1) is 19.8. The SMILES string of the molecule is CN1CC[C@]2(CN(Cc3cccnc3)CC23CCN(C(=O)N2CCCC2)CC3)C1=O. The van der Waals surface area contributed by atoms with Crippen LogP contribution >= 0.6 is 0 Å². The number of fused-ring (bicyclic) bond motifs is 1. The van der Waals surface area contributed by atoms with Gasteiger partial charge in [0.1, 0.15) is 0 Å². The minimum absolute atomic E-state index is 0.0289. The van der Waals surface area contributed by atoms with E-state index in [2.05, 4.69) is 16.0 Å². The van der Waals surface area contributed by atoms with E-state index in [1.807, 2.05) is 34.0 Å². The van der Waals surface area contributed by atoms with Crippen LogP contribution in [-0.4, -0.2) is 89.4 Å². The summed E-state index contributed by atoms with van der Waals surface area (Å²) in [6, 6.07) is 4.30. The minimum Gasteiger partial charge on any atom is -0.345 e. The largest absolute Gasteiger partial charge is 0.345 e. The lowest BCUT2D eigenvalue weighted by Crippen LogP contribution is -2.55. The van der Waals surface area contributed by atoms with Crippen molar-refractivity contribution in [1.82, 2.24) is 24.6 Å². The van der Waals surface area contributed by atoms with E-state index in [9.17, 15) is 9.59 Å². The van der Waals surface area contributed by atoms with Crippen LogP contribution in [0.15, 0.2) is 24.5 Å². The number of aromatic nitrogens is 1. The van der Waals surface area contributed by atoms with Gasteiger partial charge in [-0.15, -0.1) is 0 Å². The second-order valence-corrected chi connectivity index (χ2v) is 9.81. The number of nitrogens with zero attached hydrogens (tertiary/aromatic N) is 5. The van der Waals surface area contributed by atoms with E-state index < -0.39 is 0 Å². The third-order valence-corrected chi connectivity index (χ3v) is 8.16. The Morgan fingerprint density at radius 1 is 1.03 bits per heavy atom. The summed E-state index contributed by atoms with van der Waals surface area (Å²) >= 11 is 0. The molecule has 0 bridgehead atoms. The van der Waals surface area contributed by atoms with Crippen LogP contribution in [0, 0.1) is 10.8 Å². The maximum atomic E-state index is 13.4. The highest BCUT2D eigenvalue weighted by atomic mass is 16.2. The molecule has 0 aromatic carbocycles. The predicted octanol–water partition coefficient (Wildman–Crippen LogP) is 2.04. The van der Waals surface area contributed by atoms with Crippen LogP contribution in [0.5, 0.6) is 0 Å². The van der Waals surface area contributed by atoms with Crippen molar-refractivity contribution in [3.8, 4) is 0 Å². The van der Waals surface area contributed by atoms with Gasteiger partial charge < -0.3 is 14.7 Å². The molecule has 0 aliphatic carbocycles. The third-order valence-electron chi connectivity index (χ3n) is 8.16. The fraction of sp³-hybridized carbons (Fsp3) is 0.696. The number of hydrogen-bond donors (Lipinski definition) is 0. The Bertz CT molecular complexity index is 801. The maximum Gasteiger partial charge on any atom is 0.319 e. The average molecular weight is 412 g/mol. The number of carbonyl (C=O) groups is 2. The summed E-state index contributed by atoms with van der Waals surface area (Å²) in [6.07, 6.45) is 8.77. The fourth-order valence-electron chi connectivity index (χ4n) is 6.49. The van der Waals surface area contributed by atoms with Crippen molar-refractivity contribution < 1.29 is 9.59 Å². The Labute approximate surface area is 179 Å². The van der Waals surface area contributed by atoms with Crippen LogP contribution < -0.4 is 0 Å². The Kier molecular flexibility index (Phi) is 4.96. The smallest absolute Gasteiger partial charge is 0.319 e. The predicted molar refractivity (Wildman–Crippen MR) is 114 cm³/mol. The molecule has 4 aliphatic rings. The molecule has 0 radical (unpaired) electrons. The Morgan fingerprint density at radius 3 is 2.40 bits per heavy atom. The summed E-state index contributed by atoms with van der Waals surface area (Å²) in [6.45, 7) is 6.78. The summed E-state index contributed by atoms with van der Waals surface area (Å²) in [5.41, 5.74) is 0.871. The van der Waals surface area contributed by atoms with Crippen molar-refractivity contribution in [1.29, 1.82) is 0 Å². The first-order chi connectivity index (χ1) is 14.5. The summed E-state index contributed by atoms with van der Waals surface area (Å²) < 4.78 is 0. The van der Waals surface area contributed by atoms with Crippen molar-refractivity contribution in [2.24, 2.45) is 10.8 Å². The zero-order valence-electron chi connectivity index (χ0n) is 18.1. The molecule has 0 saturated carbocycles. The van der Waals surface area contributed by atoms with Crippen LogP contribution in [0.1, 0.15) is 37.7 Å². The topological polar surface area (TPSA) is 60.0 Å². The van der Waals surface area contributed by atoms with Gasteiger partial charge in [0.15, 0.2) is 0 Å². The number of rotatable bonds is 2. The number of likely N-dealkylation sites (tertiary alicyclic amines) is 4. The lowest BCUT2D eigenvalue weighted by atomic mass is 9.60. The van der Waals surface area contributed by atoms with Crippen LogP contribution in [0.25, 0.3) is 0 Å². The van der Waals surface area contributed by atoms with Gasteiger partial charge in [0.05, 0.1) is 5.41 Å². The van der Waals surface area contributed by atoms with Gasteiger partial charge in [0.25, 0.3) is 0 Å². The zero-order chi connectivity index (χ0) is 20.8. The summed E-state index contributed by atoms with van der Waals surface area (Å²) in [7, 11) is 1.95. The molecular formula is C23H33N5O2. The number of hydrogen-bond acceptors (Lipinski definition) is 4. The molecule has 7 nitrogen and oxygen atoms in total. The highest BCUT2D eigenvalue weighted by Gasteiger charge is 2.64. The molecule has 0 N–H and O–H groups in total. The molecule has 162 valence electrons. The normalized spacial score (nSPS) is 29.0. The van der Waals surface area contributed by atoms with Gasteiger partial charge in [-0.25, -0.2) is 4.79 Å². The highest BCUT2D eigenvalue weighted by molar-refractivity contribution is 5.86.